The van der Waals surface area contributed by atoms with Gasteiger partial charge in [0, 0.05) is 5.39 Å². The Kier molecular flexibility index (Phi) is 6.27. The van der Waals surface area contributed by atoms with Crippen LogP contribution >= 0.6 is 0 Å². The summed E-state index contributed by atoms with van der Waals surface area (Å²) in [5.74, 6) is 0.578. The Balaban J connectivity index is 1.77. The van der Waals surface area contributed by atoms with Crippen LogP contribution in [-0.4, -0.2) is 17.8 Å². The minimum Gasteiger partial charge on any atom is -0.458 e. The lowest BCUT2D eigenvalue weighted by Gasteiger charge is -2.15. The van der Waals surface area contributed by atoms with Gasteiger partial charge in [-0.1, -0.05) is 50.8 Å². The normalized spacial score (nSPS) is 14.4. The van der Waals surface area contributed by atoms with Crippen LogP contribution in [0.4, 0.5) is 0 Å². The van der Waals surface area contributed by atoms with Crippen LogP contribution in [0.25, 0.3) is 11.0 Å². The van der Waals surface area contributed by atoms with Crippen molar-refractivity contribution in [2.45, 2.75) is 58.2 Å². The standard InChI is InChI=1S/C18H26O3/c1-3-4-5-6-9-14(2)20-13-16(19)18-12-15-10-7-8-11-17(15)21-18/h7-8,10-12,14,16,19H,3-6,9,13H2,1-2H3. The number of para-hydroxylation sites is 1. The molecule has 0 saturated heterocycles. The van der Waals surface area contributed by atoms with E-state index in [0.29, 0.717) is 5.76 Å². The molecular formula is C18H26O3. The summed E-state index contributed by atoms with van der Waals surface area (Å²) in [6, 6.07) is 9.66. The van der Waals surface area contributed by atoms with Crippen molar-refractivity contribution in [3.05, 3.63) is 36.1 Å². The fourth-order valence-corrected chi connectivity index (χ4v) is 2.45. The number of fused-ring (bicyclic) bond motifs is 1. The van der Waals surface area contributed by atoms with Crippen molar-refractivity contribution in [2.75, 3.05) is 6.61 Å². The van der Waals surface area contributed by atoms with E-state index in [2.05, 4.69) is 13.8 Å². The van der Waals surface area contributed by atoms with Gasteiger partial charge in [0.05, 0.1) is 12.7 Å². The van der Waals surface area contributed by atoms with Gasteiger partial charge in [-0.15, -0.1) is 0 Å². The summed E-state index contributed by atoms with van der Waals surface area (Å²) in [7, 11) is 0. The number of furan rings is 1. The van der Waals surface area contributed by atoms with Gasteiger partial charge in [0.1, 0.15) is 17.4 Å². The summed E-state index contributed by atoms with van der Waals surface area (Å²) < 4.78 is 11.4. The van der Waals surface area contributed by atoms with E-state index in [1.807, 2.05) is 30.3 Å². The van der Waals surface area contributed by atoms with Gasteiger partial charge in [-0.25, -0.2) is 0 Å². The van der Waals surface area contributed by atoms with Crippen LogP contribution in [0.15, 0.2) is 34.7 Å². The predicted molar refractivity (Wildman–Crippen MR) is 85.3 cm³/mol. The number of hydrogen-bond donors (Lipinski definition) is 1. The van der Waals surface area contributed by atoms with Gasteiger partial charge in [0.2, 0.25) is 0 Å². The quantitative estimate of drug-likeness (QED) is 0.672. The van der Waals surface area contributed by atoms with Crippen molar-refractivity contribution in [1.82, 2.24) is 0 Å². The van der Waals surface area contributed by atoms with Crippen LogP contribution in [0, 0.1) is 0 Å². The van der Waals surface area contributed by atoms with Gasteiger partial charge in [-0.2, -0.15) is 0 Å². The highest BCUT2D eigenvalue weighted by molar-refractivity contribution is 5.77. The van der Waals surface area contributed by atoms with Gasteiger partial charge in [0.15, 0.2) is 0 Å². The summed E-state index contributed by atoms with van der Waals surface area (Å²) >= 11 is 0. The van der Waals surface area contributed by atoms with E-state index >= 15 is 0 Å². The maximum Gasteiger partial charge on any atom is 0.136 e. The second-order valence-corrected chi connectivity index (χ2v) is 5.70. The molecule has 0 bridgehead atoms. The molecule has 1 aromatic carbocycles. The van der Waals surface area contributed by atoms with E-state index in [1.165, 1.54) is 25.7 Å². The summed E-state index contributed by atoms with van der Waals surface area (Å²) in [5.41, 5.74) is 0.805. The van der Waals surface area contributed by atoms with Gasteiger partial charge >= 0.3 is 0 Å². The second-order valence-electron chi connectivity index (χ2n) is 5.70. The second kappa shape index (κ2) is 8.20. The first-order chi connectivity index (χ1) is 10.2. The molecular weight excluding hydrogens is 264 g/mol. The van der Waals surface area contributed by atoms with Crippen LogP contribution in [-0.2, 0) is 4.74 Å². The van der Waals surface area contributed by atoms with Gasteiger partial charge < -0.3 is 14.3 Å². The molecule has 0 fully saturated rings. The molecule has 0 spiro atoms. The van der Waals surface area contributed by atoms with Crippen LogP contribution in [0.1, 0.15) is 57.8 Å². The fourth-order valence-electron chi connectivity index (χ4n) is 2.45. The Hall–Kier alpha value is -1.32. The molecule has 0 aliphatic rings. The average molecular weight is 290 g/mol. The molecule has 1 aromatic heterocycles. The molecule has 1 heterocycles. The van der Waals surface area contributed by atoms with Gasteiger partial charge in [0.25, 0.3) is 0 Å². The molecule has 2 aromatic rings. The van der Waals surface area contributed by atoms with Crippen molar-refractivity contribution in [1.29, 1.82) is 0 Å². The number of unbranched alkanes of at least 4 members (excludes halogenated alkanes) is 3. The molecule has 0 amide bonds. The third-order valence-electron chi connectivity index (χ3n) is 3.78. The minimum absolute atomic E-state index is 0.181. The lowest BCUT2D eigenvalue weighted by molar-refractivity contribution is -0.0134. The summed E-state index contributed by atoms with van der Waals surface area (Å²) in [6.07, 6.45) is 5.52. The summed E-state index contributed by atoms with van der Waals surface area (Å²) in [5, 5.41) is 11.2. The average Bonchev–Trinajstić information content (AvgIpc) is 2.93. The lowest BCUT2D eigenvalue weighted by atomic mass is 10.1. The Morgan fingerprint density at radius 2 is 2.00 bits per heavy atom. The molecule has 0 saturated carbocycles. The molecule has 21 heavy (non-hydrogen) atoms. The number of hydrogen-bond acceptors (Lipinski definition) is 3. The number of aliphatic hydroxyl groups is 1. The molecule has 2 rings (SSSR count). The topological polar surface area (TPSA) is 42.6 Å². The predicted octanol–water partition coefficient (Wildman–Crippen LogP) is 4.84. The van der Waals surface area contributed by atoms with Gasteiger partial charge in [-0.3, -0.25) is 0 Å². The molecule has 2 atom stereocenters. The fraction of sp³-hybridized carbons (Fsp3) is 0.556. The maximum absolute atomic E-state index is 10.2. The van der Waals surface area contributed by atoms with E-state index in [1.54, 1.807) is 0 Å². The highest BCUT2D eigenvalue weighted by Gasteiger charge is 2.15. The number of ether oxygens (including phenoxy) is 1. The first kappa shape index (κ1) is 16.1. The lowest BCUT2D eigenvalue weighted by Crippen LogP contribution is -2.14. The molecule has 0 aliphatic heterocycles. The monoisotopic (exact) mass is 290 g/mol. The maximum atomic E-state index is 10.2. The zero-order valence-corrected chi connectivity index (χ0v) is 13.0. The van der Waals surface area contributed by atoms with Crippen LogP contribution in [0.3, 0.4) is 0 Å². The Morgan fingerprint density at radius 3 is 2.76 bits per heavy atom. The van der Waals surface area contributed by atoms with E-state index in [0.717, 1.165) is 17.4 Å². The number of aliphatic hydroxyl groups excluding tert-OH is 1. The summed E-state index contributed by atoms with van der Waals surface area (Å²) in [4.78, 5) is 0. The highest BCUT2D eigenvalue weighted by atomic mass is 16.5. The first-order valence-corrected chi connectivity index (χ1v) is 7.99. The molecule has 2 unspecified atom stereocenters. The van der Waals surface area contributed by atoms with Crippen molar-refractivity contribution in [3.63, 3.8) is 0 Å². The van der Waals surface area contributed by atoms with Crippen molar-refractivity contribution < 1.29 is 14.3 Å². The van der Waals surface area contributed by atoms with Crippen LogP contribution in [0.5, 0.6) is 0 Å². The van der Waals surface area contributed by atoms with E-state index in [9.17, 15) is 5.11 Å². The number of benzene rings is 1. The Labute approximate surface area is 126 Å². The zero-order valence-electron chi connectivity index (χ0n) is 13.0. The third-order valence-corrected chi connectivity index (χ3v) is 3.78. The summed E-state index contributed by atoms with van der Waals surface area (Å²) in [6.45, 7) is 4.57. The first-order valence-electron chi connectivity index (χ1n) is 7.99. The zero-order chi connectivity index (χ0) is 15.1. The molecule has 0 aliphatic carbocycles. The molecule has 116 valence electrons. The van der Waals surface area contributed by atoms with E-state index in [4.69, 9.17) is 9.15 Å². The molecule has 3 heteroatoms. The van der Waals surface area contributed by atoms with Crippen molar-refractivity contribution >= 4 is 11.0 Å². The highest BCUT2D eigenvalue weighted by Crippen LogP contribution is 2.24. The smallest absolute Gasteiger partial charge is 0.136 e. The van der Waals surface area contributed by atoms with E-state index < -0.39 is 6.10 Å². The molecule has 0 radical (unpaired) electrons. The third kappa shape index (κ3) is 4.87. The van der Waals surface area contributed by atoms with Crippen LogP contribution in [0.2, 0.25) is 0 Å². The Morgan fingerprint density at radius 1 is 1.19 bits per heavy atom. The number of rotatable bonds is 9. The molecule has 3 nitrogen and oxygen atoms in total. The molecule has 1 N–H and O–H groups in total. The van der Waals surface area contributed by atoms with Crippen LogP contribution < -0.4 is 0 Å². The Bertz CT molecular complexity index is 499. The minimum atomic E-state index is -0.699. The van der Waals surface area contributed by atoms with E-state index in [-0.39, 0.29) is 12.7 Å². The van der Waals surface area contributed by atoms with Crippen molar-refractivity contribution in [3.8, 4) is 0 Å². The SMILES string of the molecule is CCCCCCC(C)OCC(O)c1cc2ccccc2o1. The van der Waals surface area contributed by atoms with Gasteiger partial charge in [-0.05, 0) is 25.5 Å². The van der Waals surface area contributed by atoms with Crippen molar-refractivity contribution in [2.24, 2.45) is 0 Å². The largest absolute Gasteiger partial charge is 0.458 e.